The summed E-state index contributed by atoms with van der Waals surface area (Å²) in [5, 5.41) is 4.55. The number of alkyl halides is 1. The average Bonchev–Trinajstić information content (AvgIpc) is 2.80. The number of nitrogens with two attached hydrogens (primary N) is 2. The van der Waals surface area contributed by atoms with Gasteiger partial charge in [0, 0.05) is 12.1 Å². The van der Waals surface area contributed by atoms with Crippen LogP contribution >= 0.6 is 0 Å². The zero-order chi connectivity index (χ0) is 16.7. The molecule has 23 heavy (non-hydrogen) atoms. The van der Waals surface area contributed by atoms with Crippen molar-refractivity contribution in [1.29, 1.82) is 0 Å². The molecule has 1 saturated heterocycles. The molecule has 3 rings (SSSR count). The van der Waals surface area contributed by atoms with Gasteiger partial charge in [0.25, 0.3) is 0 Å². The molecule has 0 bridgehead atoms. The summed E-state index contributed by atoms with van der Waals surface area (Å²) in [6, 6.07) is 0. The van der Waals surface area contributed by atoms with Crippen LogP contribution in [0.25, 0.3) is 5.65 Å². The van der Waals surface area contributed by atoms with Crippen LogP contribution in [0.2, 0.25) is 0 Å². The van der Waals surface area contributed by atoms with Crippen LogP contribution in [0.4, 0.5) is 16.3 Å². The van der Waals surface area contributed by atoms with Gasteiger partial charge in [-0.25, -0.2) is 4.39 Å². The van der Waals surface area contributed by atoms with Crippen LogP contribution in [0.5, 0.6) is 0 Å². The zero-order valence-corrected chi connectivity index (χ0v) is 13.8. The van der Waals surface area contributed by atoms with Gasteiger partial charge >= 0.3 is 0 Å². The summed E-state index contributed by atoms with van der Waals surface area (Å²) in [6.45, 7) is 5.52. The van der Waals surface area contributed by atoms with Crippen molar-refractivity contribution in [2.75, 3.05) is 31.6 Å². The second-order valence-electron chi connectivity index (χ2n) is 6.72. The number of fused-ring (bicyclic) bond motifs is 1. The quantitative estimate of drug-likeness (QED) is 0.882. The molecule has 2 atom stereocenters. The van der Waals surface area contributed by atoms with Gasteiger partial charge in [-0.2, -0.15) is 19.6 Å². The van der Waals surface area contributed by atoms with Crippen molar-refractivity contribution in [3.63, 3.8) is 0 Å². The second-order valence-corrected chi connectivity index (χ2v) is 6.72. The molecule has 0 amide bonds. The van der Waals surface area contributed by atoms with Crippen molar-refractivity contribution in [1.82, 2.24) is 24.5 Å². The summed E-state index contributed by atoms with van der Waals surface area (Å²) in [5.74, 6) is 0.507. The van der Waals surface area contributed by atoms with E-state index >= 15 is 0 Å². The van der Waals surface area contributed by atoms with Crippen LogP contribution in [0, 0.1) is 5.92 Å². The van der Waals surface area contributed by atoms with E-state index in [2.05, 4.69) is 28.9 Å². The first-order valence-electron chi connectivity index (χ1n) is 8.00. The van der Waals surface area contributed by atoms with Crippen molar-refractivity contribution in [2.24, 2.45) is 5.92 Å². The third kappa shape index (κ3) is 2.95. The van der Waals surface area contributed by atoms with Gasteiger partial charge in [0.2, 0.25) is 11.9 Å². The maximum Gasteiger partial charge on any atom is 0.226 e. The highest BCUT2D eigenvalue weighted by atomic mass is 19.1. The molecule has 1 aliphatic heterocycles. The zero-order valence-electron chi connectivity index (χ0n) is 13.8. The molecule has 1 aliphatic rings. The van der Waals surface area contributed by atoms with Gasteiger partial charge in [-0.05, 0) is 38.3 Å². The molecule has 3 heterocycles. The fraction of sp³-hybridized carbons (Fsp3) is 0.667. The molecule has 4 N–H and O–H groups in total. The molecule has 0 aromatic carbocycles. The number of aromatic nitrogens is 4. The molecule has 126 valence electrons. The number of halogens is 1. The summed E-state index contributed by atoms with van der Waals surface area (Å²) in [6.07, 6.45) is 0.574. The molecule has 0 unspecified atom stereocenters. The molecule has 0 spiro atoms. The lowest BCUT2D eigenvalue weighted by Crippen LogP contribution is -2.40. The summed E-state index contributed by atoms with van der Waals surface area (Å²) >= 11 is 0. The molecule has 0 saturated carbocycles. The maximum absolute atomic E-state index is 14.4. The Balaban J connectivity index is 2.00. The predicted molar refractivity (Wildman–Crippen MR) is 87.9 cm³/mol. The molecule has 1 fully saturated rings. The Hall–Kier alpha value is -1.96. The van der Waals surface area contributed by atoms with Gasteiger partial charge in [0.1, 0.15) is 6.17 Å². The molecular formula is C15H24FN7. The third-order valence-electron chi connectivity index (χ3n) is 4.55. The van der Waals surface area contributed by atoms with E-state index in [1.54, 1.807) is 0 Å². The van der Waals surface area contributed by atoms with Crippen molar-refractivity contribution < 1.29 is 4.39 Å². The summed E-state index contributed by atoms with van der Waals surface area (Å²) in [5.41, 5.74) is 14.1. The van der Waals surface area contributed by atoms with Gasteiger partial charge < -0.3 is 16.4 Å². The van der Waals surface area contributed by atoms with E-state index in [0.29, 0.717) is 18.6 Å². The Kier molecular flexibility index (Phi) is 4.09. The lowest BCUT2D eigenvalue weighted by molar-refractivity contribution is 0.101. The van der Waals surface area contributed by atoms with Crippen molar-refractivity contribution in [3.8, 4) is 0 Å². The highest BCUT2D eigenvalue weighted by molar-refractivity contribution is 5.56. The monoisotopic (exact) mass is 321 g/mol. The lowest BCUT2D eigenvalue weighted by Gasteiger charge is -2.32. The number of piperidine rings is 1. The summed E-state index contributed by atoms with van der Waals surface area (Å²) in [4.78, 5) is 10.3. The van der Waals surface area contributed by atoms with E-state index in [-0.39, 0.29) is 23.7 Å². The normalized spacial score (nSPS) is 23.0. The van der Waals surface area contributed by atoms with E-state index in [9.17, 15) is 4.39 Å². The van der Waals surface area contributed by atoms with Crippen LogP contribution in [0.15, 0.2) is 0 Å². The van der Waals surface area contributed by atoms with Gasteiger partial charge in [-0.1, -0.05) is 13.8 Å². The standard InChI is InChI=1S/C15H24FN7/c1-8(2)12-11(6-9-4-5-22(3)7-10(9)16)21-23-13(12)19-14(17)20-15(23)18/h8-10H,4-7H2,1-3H3,(H4,17,18,19,20)/t9-,10+/m1/s1. The molecule has 8 heteroatoms. The summed E-state index contributed by atoms with van der Waals surface area (Å²) in [7, 11) is 1.95. The number of likely N-dealkylation sites (tertiary alicyclic amines) is 1. The highest BCUT2D eigenvalue weighted by Gasteiger charge is 2.30. The van der Waals surface area contributed by atoms with Gasteiger partial charge in [0.15, 0.2) is 5.65 Å². The van der Waals surface area contributed by atoms with Crippen LogP contribution in [-0.4, -0.2) is 50.8 Å². The number of hydrogen-bond acceptors (Lipinski definition) is 6. The Morgan fingerprint density at radius 2 is 2.04 bits per heavy atom. The van der Waals surface area contributed by atoms with Crippen molar-refractivity contribution in [2.45, 2.75) is 38.8 Å². The van der Waals surface area contributed by atoms with E-state index in [4.69, 9.17) is 11.5 Å². The van der Waals surface area contributed by atoms with Gasteiger partial charge in [0.05, 0.1) is 5.69 Å². The first-order chi connectivity index (χ1) is 10.9. The first-order valence-corrected chi connectivity index (χ1v) is 8.00. The summed E-state index contributed by atoms with van der Waals surface area (Å²) < 4.78 is 15.9. The van der Waals surface area contributed by atoms with E-state index in [0.717, 1.165) is 24.2 Å². The van der Waals surface area contributed by atoms with Crippen molar-refractivity contribution >= 4 is 17.5 Å². The predicted octanol–water partition coefficient (Wildman–Crippen LogP) is 1.24. The fourth-order valence-electron chi connectivity index (χ4n) is 3.36. The Morgan fingerprint density at radius 1 is 1.30 bits per heavy atom. The molecule has 0 radical (unpaired) electrons. The Labute approximate surface area is 134 Å². The number of anilines is 2. The topological polar surface area (TPSA) is 98.4 Å². The minimum Gasteiger partial charge on any atom is -0.368 e. The van der Waals surface area contributed by atoms with Crippen LogP contribution < -0.4 is 11.5 Å². The third-order valence-corrected chi connectivity index (χ3v) is 4.55. The Bertz CT molecular complexity index is 711. The largest absolute Gasteiger partial charge is 0.368 e. The van der Waals surface area contributed by atoms with Crippen LogP contribution in [-0.2, 0) is 6.42 Å². The van der Waals surface area contributed by atoms with Crippen LogP contribution in [0.3, 0.4) is 0 Å². The second kappa shape index (κ2) is 5.92. The number of nitrogens with zero attached hydrogens (tertiary/aromatic N) is 5. The smallest absolute Gasteiger partial charge is 0.226 e. The molecule has 0 aliphatic carbocycles. The van der Waals surface area contributed by atoms with E-state index in [1.807, 2.05) is 11.9 Å². The minimum absolute atomic E-state index is 0.0276. The van der Waals surface area contributed by atoms with Crippen molar-refractivity contribution in [3.05, 3.63) is 11.3 Å². The van der Waals surface area contributed by atoms with Gasteiger partial charge in [-0.15, -0.1) is 0 Å². The SMILES string of the molecule is CC(C)c1c(C[C@H]2CCN(C)C[C@@H]2F)nn2c(N)nc(N)nc12. The highest BCUT2D eigenvalue weighted by Crippen LogP contribution is 2.30. The number of hydrogen-bond donors (Lipinski definition) is 2. The molecule has 7 nitrogen and oxygen atoms in total. The van der Waals surface area contributed by atoms with E-state index in [1.165, 1.54) is 4.52 Å². The average molecular weight is 321 g/mol. The molecule has 2 aromatic rings. The first kappa shape index (κ1) is 15.9. The number of rotatable bonds is 3. The molecule has 2 aromatic heterocycles. The Morgan fingerprint density at radius 3 is 2.70 bits per heavy atom. The minimum atomic E-state index is -0.841. The van der Waals surface area contributed by atoms with Gasteiger partial charge in [-0.3, -0.25) is 0 Å². The van der Waals surface area contributed by atoms with Crippen LogP contribution in [0.1, 0.15) is 37.4 Å². The van der Waals surface area contributed by atoms with E-state index < -0.39 is 6.17 Å². The number of nitrogen functional groups attached to an aromatic ring is 2. The fourth-order valence-corrected chi connectivity index (χ4v) is 3.36. The molecular weight excluding hydrogens is 297 g/mol. The maximum atomic E-state index is 14.4. The lowest BCUT2D eigenvalue weighted by atomic mass is 9.88.